The number of nitrogens with one attached hydrogen (secondary N) is 4. The Morgan fingerprint density at radius 3 is 2.03 bits per heavy atom. The molecule has 0 aromatic heterocycles. The Balaban J connectivity index is 1.51. The summed E-state index contributed by atoms with van der Waals surface area (Å²) in [5.74, 6) is 3.76. The summed E-state index contributed by atoms with van der Waals surface area (Å²) in [7, 11) is 5.33. The number of rotatable bonds is 6. The van der Waals surface area contributed by atoms with Gasteiger partial charge in [0.05, 0.1) is 8.07 Å². The van der Waals surface area contributed by atoms with Crippen molar-refractivity contribution in [2.75, 3.05) is 45.4 Å². The van der Waals surface area contributed by atoms with Crippen molar-refractivity contribution in [3.8, 4) is 0 Å². The van der Waals surface area contributed by atoms with E-state index in [9.17, 15) is 0 Å². The van der Waals surface area contributed by atoms with E-state index < -0.39 is 8.07 Å². The summed E-state index contributed by atoms with van der Waals surface area (Å²) in [6, 6.07) is 0.891. The molecule has 0 aromatic rings. The van der Waals surface area contributed by atoms with E-state index in [0.29, 0.717) is 17.5 Å². The van der Waals surface area contributed by atoms with Crippen molar-refractivity contribution in [1.29, 1.82) is 0 Å². The highest BCUT2D eigenvalue weighted by atomic mass is 31.0. The average molecular weight is 533 g/mol. The summed E-state index contributed by atoms with van der Waals surface area (Å²) >= 11 is 0. The fraction of sp³-hybridized carbons (Fsp3) is 0.857. The lowest BCUT2D eigenvalue weighted by atomic mass is 9.43. The lowest BCUT2D eigenvalue weighted by Gasteiger charge is -2.63. The minimum absolute atomic E-state index is 0.0306. The Morgan fingerprint density at radius 1 is 0.943 bits per heavy atom. The molecule has 2 saturated heterocycles. The monoisotopic (exact) mass is 532 g/mol. The Labute approximate surface area is 219 Å². The van der Waals surface area contributed by atoms with E-state index >= 15 is 0 Å². The van der Waals surface area contributed by atoms with E-state index in [1.165, 1.54) is 44.7 Å². The van der Waals surface area contributed by atoms with Gasteiger partial charge in [-0.3, -0.25) is 0 Å². The van der Waals surface area contributed by atoms with Gasteiger partial charge in [-0.25, -0.2) is 0 Å². The molecular formula is C28H50N4P2Si. The van der Waals surface area contributed by atoms with Crippen molar-refractivity contribution in [1.82, 2.24) is 21.3 Å². The lowest BCUT2D eigenvalue weighted by Crippen LogP contribution is -2.69. The van der Waals surface area contributed by atoms with Crippen molar-refractivity contribution in [2.45, 2.75) is 75.4 Å². The Morgan fingerprint density at radius 2 is 1.54 bits per heavy atom. The largest absolute Gasteiger partial charge is 0.314 e. The summed E-state index contributed by atoms with van der Waals surface area (Å²) in [5, 5.41) is 17.4. The first-order valence-electron chi connectivity index (χ1n) is 14.6. The minimum atomic E-state index is -1.40. The molecule has 7 rings (SSSR count). The van der Waals surface area contributed by atoms with Crippen LogP contribution in [0.25, 0.3) is 0 Å². The standard InChI is InChI=1S/C28H50N4P2Si/c1-35(2,3)21-11-22(27-13-18-8-19(14-27)10-20(9-18)24(27)17-33)23(12-21)28(34,25-15-29-4-6-31-25)26-16-30-5-7-32-26/h11,18-20,24-26,29-32H,4-10,12-17,33-34H2,1-3H3. The van der Waals surface area contributed by atoms with E-state index in [2.05, 4.69) is 65.5 Å². The smallest absolute Gasteiger partial charge is 0.0728 e. The molecule has 0 spiro atoms. The Kier molecular flexibility index (Phi) is 7.00. The molecule has 2 heterocycles. The minimum Gasteiger partial charge on any atom is -0.314 e. The molecule has 4 bridgehead atoms. The number of hydrogen-bond acceptors (Lipinski definition) is 4. The number of hydrogen-bond donors (Lipinski definition) is 4. The summed E-state index contributed by atoms with van der Waals surface area (Å²) in [5.41, 5.74) is 4.04. The highest BCUT2D eigenvalue weighted by Crippen LogP contribution is 2.68. The molecule has 0 aromatic carbocycles. The second-order valence-corrected chi connectivity index (χ2v) is 20.5. The van der Waals surface area contributed by atoms with Gasteiger partial charge in [0.2, 0.25) is 0 Å². The van der Waals surface area contributed by atoms with Gasteiger partial charge in [-0.2, -0.15) is 0 Å². The van der Waals surface area contributed by atoms with Crippen LogP contribution in [-0.4, -0.2) is 70.7 Å². The third kappa shape index (κ3) is 4.23. The molecule has 2 aliphatic heterocycles. The molecule has 7 aliphatic rings. The van der Waals surface area contributed by atoms with Crippen LogP contribution in [0.4, 0.5) is 0 Å². The molecular weight excluding hydrogens is 482 g/mol. The first-order chi connectivity index (χ1) is 16.8. The van der Waals surface area contributed by atoms with Crippen molar-refractivity contribution >= 4 is 26.6 Å². The third-order valence-electron chi connectivity index (χ3n) is 11.0. The Hall–Kier alpha value is 0.397. The van der Waals surface area contributed by atoms with Crippen LogP contribution in [0.2, 0.25) is 19.6 Å². The van der Waals surface area contributed by atoms with E-state index in [1.54, 1.807) is 10.8 Å². The molecule has 0 radical (unpaired) electrons. The van der Waals surface area contributed by atoms with Gasteiger partial charge < -0.3 is 21.3 Å². The van der Waals surface area contributed by atoms with Crippen LogP contribution in [0.15, 0.2) is 22.4 Å². The third-order valence-corrected chi connectivity index (χ3v) is 15.0. The van der Waals surface area contributed by atoms with Crippen LogP contribution in [-0.2, 0) is 0 Å². The summed E-state index contributed by atoms with van der Waals surface area (Å²) < 4.78 is 0. The summed E-state index contributed by atoms with van der Waals surface area (Å²) in [6.07, 6.45) is 12.8. The van der Waals surface area contributed by atoms with E-state index in [-0.39, 0.29) is 5.16 Å². The van der Waals surface area contributed by atoms with E-state index in [0.717, 1.165) is 62.9 Å². The normalized spacial score (nSPS) is 43.4. The maximum absolute atomic E-state index is 4.01. The molecule has 7 atom stereocenters. The van der Waals surface area contributed by atoms with Crippen LogP contribution >= 0.6 is 18.5 Å². The molecule has 4 N–H and O–H groups in total. The van der Waals surface area contributed by atoms with Gasteiger partial charge in [0.25, 0.3) is 0 Å². The number of allylic oxidation sites excluding steroid dienone is 3. The van der Waals surface area contributed by atoms with Crippen LogP contribution in [0, 0.1) is 29.1 Å². The predicted molar refractivity (Wildman–Crippen MR) is 159 cm³/mol. The fourth-order valence-corrected chi connectivity index (χ4v) is 12.4. The van der Waals surface area contributed by atoms with Gasteiger partial charge in [-0.05, 0) is 84.9 Å². The zero-order valence-electron chi connectivity index (χ0n) is 22.4. The zero-order valence-corrected chi connectivity index (χ0v) is 25.7. The molecule has 6 fully saturated rings. The highest BCUT2D eigenvalue weighted by molar-refractivity contribution is 7.19. The van der Waals surface area contributed by atoms with Crippen LogP contribution in [0.1, 0.15) is 38.5 Å². The van der Waals surface area contributed by atoms with Crippen molar-refractivity contribution < 1.29 is 0 Å². The van der Waals surface area contributed by atoms with E-state index in [4.69, 9.17) is 0 Å². The van der Waals surface area contributed by atoms with Gasteiger partial charge >= 0.3 is 0 Å². The maximum Gasteiger partial charge on any atom is 0.0728 e. The second-order valence-electron chi connectivity index (χ2n) is 13.9. The van der Waals surface area contributed by atoms with Crippen LogP contribution in [0.3, 0.4) is 0 Å². The van der Waals surface area contributed by atoms with Crippen LogP contribution < -0.4 is 21.3 Å². The molecule has 35 heavy (non-hydrogen) atoms. The van der Waals surface area contributed by atoms with Gasteiger partial charge in [-0.15, -0.1) is 18.5 Å². The molecule has 7 unspecified atom stereocenters. The van der Waals surface area contributed by atoms with Crippen molar-refractivity contribution in [3.63, 3.8) is 0 Å². The van der Waals surface area contributed by atoms with Gasteiger partial charge in [0.1, 0.15) is 0 Å². The highest BCUT2D eigenvalue weighted by Gasteiger charge is 2.60. The maximum atomic E-state index is 4.01. The zero-order chi connectivity index (χ0) is 24.4. The van der Waals surface area contributed by atoms with E-state index in [1.807, 2.05) is 5.57 Å². The summed E-state index contributed by atoms with van der Waals surface area (Å²) in [6.45, 7) is 14.2. The predicted octanol–water partition coefficient (Wildman–Crippen LogP) is 3.54. The van der Waals surface area contributed by atoms with Crippen LogP contribution in [0.5, 0.6) is 0 Å². The second kappa shape index (κ2) is 9.55. The topological polar surface area (TPSA) is 48.1 Å². The first-order valence-corrected chi connectivity index (χ1v) is 19.5. The van der Waals surface area contributed by atoms with Gasteiger partial charge in [0, 0.05) is 56.5 Å². The molecule has 4 saturated carbocycles. The molecule has 0 amide bonds. The Bertz CT molecular complexity index is 852. The van der Waals surface area contributed by atoms with Gasteiger partial charge in [0.15, 0.2) is 0 Å². The van der Waals surface area contributed by atoms with Crippen molar-refractivity contribution in [3.05, 3.63) is 22.4 Å². The fourth-order valence-electron chi connectivity index (χ4n) is 9.54. The first kappa shape index (κ1) is 25.7. The lowest BCUT2D eigenvalue weighted by molar-refractivity contribution is -0.0765. The average Bonchev–Trinajstić information content (AvgIpc) is 3.32. The molecule has 4 nitrogen and oxygen atoms in total. The number of piperazine rings is 2. The molecule has 196 valence electrons. The summed E-state index contributed by atoms with van der Waals surface area (Å²) in [4.78, 5) is 0. The SMILES string of the molecule is C[Si](C)(C)C1=CC(C23CC4CC(CC(C4)C2CP)C3)=C(C(P)(C2CNCCN2)C2CNCCN2)C1. The molecule has 7 heteroatoms. The van der Waals surface area contributed by atoms with Crippen molar-refractivity contribution in [2.24, 2.45) is 29.1 Å². The molecule has 5 aliphatic carbocycles. The quantitative estimate of drug-likeness (QED) is 0.312. The van der Waals surface area contributed by atoms with Gasteiger partial charge in [-0.1, -0.05) is 30.9 Å².